The van der Waals surface area contributed by atoms with Crippen molar-refractivity contribution >= 4 is 0 Å². The van der Waals surface area contributed by atoms with E-state index >= 15 is 0 Å². The number of nitrogens with one attached hydrogen (secondary N) is 1. The highest BCUT2D eigenvalue weighted by Gasteiger charge is 2.23. The highest BCUT2D eigenvalue weighted by molar-refractivity contribution is 5.27. The molecule has 19 heavy (non-hydrogen) atoms. The van der Waals surface area contributed by atoms with E-state index in [1.54, 1.807) is 12.1 Å². The van der Waals surface area contributed by atoms with Crippen LogP contribution in [0, 0.1) is 5.92 Å². The van der Waals surface area contributed by atoms with Crippen molar-refractivity contribution in [3.05, 3.63) is 29.8 Å². The molecule has 0 amide bonds. The van der Waals surface area contributed by atoms with E-state index in [1.807, 2.05) is 12.1 Å². The molecule has 0 aliphatic heterocycles. The summed E-state index contributed by atoms with van der Waals surface area (Å²) in [6, 6.07) is 7.70. The minimum atomic E-state index is -0.140. The van der Waals surface area contributed by atoms with Crippen LogP contribution in [0.1, 0.15) is 50.6 Å². The van der Waals surface area contributed by atoms with Crippen LogP contribution in [-0.4, -0.2) is 22.9 Å². The summed E-state index contributed by atoms with van der Waals surface area (Å²) in [5.41, 5.74) is 1.20. The van der Waals surface area contributed by atoms with Crippen LogP contribution in [0.4, 0.5) is 0 Å². The van der Waals surface area contributed by atoms with Gasteiger partial charge in [-0.25, -0.2) is 0 Å². The maximum atomic E-state index is 9.99. The number of benzene rings is 1. The Morgan fingerprint density at radius 1 is 1.21 bits per heavy atom. The topological polar surface area (TPSA) is 52.5 Å². The molecule has 0 radical (unpaired) electrons. The largest absolute Gasteiger partial charge is 0.508 e. The van der Waals surface area contributed by atoms with Gasteiger partial charge in [0.1, 0.15) is 5.75 Å². The van der Waals surface area contributed by atoms with Gasteiger partial charge in [0, 0.05) is 12.6 Å². The lowest BCUT2D eigenvalue weighted by Crippen LogP contribution is -2.35. The average Bonchev–Trinajstić information content (AvgIpc) is 2.43. The summed E-state index contributed by atoms with van der Waals surface area (Å²) in [5, 5.41) is 22.9. The van der Waals surface area contributed by atoms with E-state index in [0.29, 0.717) is 17.7 Å². The molecule has 1 fully saturated rings. The molecule has 0 heterocycles. The van der Waals surface area contributed by atoms with Crippen molar-refractivity contribution in [1.29, 1.82) is 0 Å². The maximum absolute atomic E-state index is 9.99. The summed E-state index contributed by atoms with van der Waals surface area (Å²) in [7, 11) is 0. The smallest absolute Gasteiger partial charge is 0.115 e. The molecule has 0 spiro atoms. The summed E-state index contributed by atoms with van der Waals surface area (Å²) in [4.78, 5) is 0. The summed E-state index contributed by atoms with van der Waals surface area (Å²) in [6.45, 7) is 3.03. The fraction of sp³-hybridized carbons (Fsp3) is 0.625. The van der Waals surface area contributed by atoms with Crippen LogP contribution in [0.15, 0.2) is 24.3 Å². The molecule has 1 aliphatic carbocycles. The Labute approximate surface area is 115 Å². The zero-order valence-electron chi connectivity index (χ0n) is 11.7. The Bertz CT molecular complexity index is 377. The van der Waals surface area contributed by atoms with Crippen molar-refractivity contribution in [3.8, 4) is 5.75 Å². The van der Waals surface area contributed by atoms with Crippen LogP contribution < -0.4 is 5.32 Å². The highest BCUT2D eigenvalue weighted by atomic mass is 16.3. The molecule has 2 rings (SSSR count). The number of aliphatic hydroxyl groups excluding tert-OH is 1. The highest BCUT2D eigenvalue weighted by Crippen LogP contribution is 2.25. The SMILES string of the molecule is CCC(NCC1CCCCC1O)c1ccc(O)cc1. The predicted molar refractivity (Wildman–Crippen MR) is 77.1 cm³/mol. The summed E-state index contributed by atoms with van der Waals surface area (Å²) >= 11 is 0. The molecular weight excluding hydrogens is 238 g/mol. The fourth-order valence-corrected chi connectivity index (χ4v) is 2.92. The van der Waals surface area contributed by atoms with Gasteiger partial charge in [0.2, 0.25) is 0 Å². The van der Waals surface area contributed by atoms with E-state index in [4.69, 9.17) is 0 Å². The number of phenols is 1. The van der Waals surface area contributed by atoms with Crippen LogP contribution in [0.5, 0.6) is 5.75 Å². The predicted octanol–water partition coefficient (Wildman–Crippen LogP) is 2.98. The molecule has 0 saturated heterocycles. The average molecular weight is 263 g/mol. The number of aliphatic hydroxyl groups is 1. The lowest BCUT2D eigenvalue weighted by atomic mass is 9.86. The Morgan fingerprint density at radius 3 is 2.53 bits per heavy atom. The van der Waals surface area contributed by atoms with Crippen LogP contribution in [0.25, 0.3) is 0 Å². The summed E-state index contributed by atoms with van der Waals surface area (Å²) in [6.07, 6.45) is 5.33. The van der Waals surface area contributed by atoms with Crippen molar-refractivity contribution in [1.82, 2.24) is 5.32 Å². The minimum Gasteiger partial charge on any atom is -0.508 e. The van der Waals surface area contributed by atoms with Gasteiger partial charge in [-0.1, -0.05) is 31.9 Å². The number of phenolic OH excluding ortho intramolecular Hbond substituents is 1. The van der Waals surface area contributed by atoms with Gasteiger partial charge < -0.3 is 15.5 Å². The van der Waals surface area contributed by atoms with E-state index in [0.717, 1.165) is 32.2 Å². The van der Waals surface area contributed by atoms with Crippen molar-refractivity contribution in [2.75, 3.05) is 6.54 Å². The van der Waals surface area contributed by atoms with Gasteiger partial charge in [-0.15, -0.1) is 0 Å². The molecule has 106 valence electrons. The van der Waals surface area contributed by atoms with Crippen LogP contribution in [-0.2, 0) is 0 Å². The van der Waals surface area contributed by atoms with E-state index < -0.39 is 0 Å². The van der Waals surface area contributed by atoms with E-state index in [1.165, 1.54) is 12.0 Å². The molecule has 0 aromatic heterocycles. The monoisotopic (exact) mass is 263 g/mol. The summed E-state index contributed by atoms with van der Waals surface area (Å²) < 4.78 is 0. The second kappa shape index (κ2) is 6.92. The van der Waals surface area contributed by atoms with Crippen molar-refractivity contribution in [3.63, 3.8) is 0 Å². The third-order valence-electron chi connectivity index (χ3n) is 4.20. The third kappa shape index (κ3) is 3.95. The quantitative estimate of drug-likeness (QED) is 0.765. The van der Waals surface area contributed by atoms with Gasteiger partial charge in [-0.05, 0) is 42.9 Å². The summed E-state index contributed by atoms with van der Waals surface area (Å²) in [5.74, 6) is 0.696. The number of rotatable bonds is 5. The number of aromatic hydroxyl groups is 1. The molecule has 1 aromatic carbocycles. The molecule has 3 nitrogen and oxygen atoms in total. The standard InChI is InChI=1S/C16H25NO2/c1-2-15(12-7-9-14(18)10-8-12)17-11-13-5-3-4-6-16(13)19/h7-10,13,15-19H,2-6,11H2,1H3. The number of hydrogen-bond acceptors (Lipinski definition) is 3. The van der Waals surface area contributed by atoms with Gasteiger partial charge in [-0.3, -0.25) is 0 Å². The fourth-order valence-electron chi connectivity index (χ4n) is 2.92. The lowest BCUT2D eigenvalue weighted by molar-refractivity contribution is 0.0680. The molecule has 3 atom stereocenters. The van der Waals surface area contributed by atoms with E-state index in [2.05, 4.69) is 12.2 Å². The van der Waals surface area contributed by atoms with Crippen LogP contribution in [0.3, 0.4) is 0 Å². The normalized spacial score (nSPS) is 25.2. The first-order valence-corrected chi connectivity index (χ1v) is 7.41. The Balaban J connectivity index is 1.90. The first-order valence-electron chi connectivity index (χ1n) is 7.41. The Hall–Kier alpha value is -1.06. The molecule has 3 heteroatoms. The molecule has 1 aliphatic rings. The van der Waals surface area contributed by atoms with Crippen LogP contribution in [0.2, 0.25) is 0 Å². The Kier molecular flexibility index (Phi) is 5.23. The van der Waals surface area contributed by atoms with Crippen molar-refractivity contribution < 1.29 is 10.2 Å². The zero-order valence-corrected chi connectivity index (χ0v) is 11.7. The van der Waals surface area contributed by atoms with Crippen LogP contribution >= 0.6 is 0 Å². The van der Waals surface area contributed by atoms with Crippen molar-refractivity contribution in [2.24, 2.45) is 5.92 Å². The molecular formula is C16H25NO2. The third-order valence-corrected chi connectivity index (χ3v) is 4.20. The first-order chi connectivity index (χ1) is 9.20. The second-order valence-corrected chi connectivity index (χ2v) is 5.57. The molecule has 1 saturated carbocycles. The van der Waals surface area contributed by atoms with Gasteiger partial charge >= 0.3 is 0 Å². The zero-order chi connectivity index (χ0) is 13.7. The van der Waals surface area contributed by atoms with Crippen molar-refractivity contribution in [2.45, 2.75) is 51.2 Å². The minimum absolute atomic E-state index is 0.140. The molecule has 0 bridgehead atoms. The van der Waals surface area contributed by atoms with Gasteiger partial charge in [0.05, 0.1) is 6.10 Å². The molecule has 1 aromatic rings. The number of hydrogen-bond donors (Lipinski definition) is 3. The van der Waals surface area contributed by atoms with E-state index in [9.17, 15) is 10.2 Å². The van der Waals surface area contributed by atoms with Gasteiger partial charge in [0.15, 0.2) is 0 Å². The maximum Gasteiger partial charge on any atom is 0.115 e. The lowest BCUT2D eigenvalue weighted by Gasteiger charge is -2.29. The molecule has 3 N–H and O–H groups in total. The Morgan fingerprint density at radius 2 is 1.89 bits per heavy atom. The van der Waals surface area contributed by atoms with E-state index in [-0.39, 0.29) is 6.10 Å². The van der Waals surface area contributed by atoms with Gasteiger partial charge in [-0.2, -0.15) is 0 Å². The first kappa shape index (κ1) is 14.4. The second-order valence-electron chi connectivity index (χ2n) is 5.57. The van der Waals surface area contributed by atoms with Gasteiger partial charge in [0.25, 0.3) is 0 Å². The molecule has 3 unspecified atom stereocenters.